The number of nitrogens with zero attached hydrogens (tertiary/aromatic N) is 1. The van der Waals surface area contributed by atoms with Crippen molar-refractivity contribution >= 4 is 17.3 Å². The molecule has 5 rings (SSSR count). The summed E-state index contributed by atoms with van der Waals surface area (Å²) in [5, 5.41) is 13.6. The summed E-state index contributed by atoms with van der Waals surface area (Å²) >= 11 is 0. The second-order valence-electron chi connectivity index (χ2n) is 10.0. The lowest BCUT2D eigenvalue weighted by Crippen LogP contribution is -2.48. The van der Waals surface area contributed by atoms with Crippen molar-refractivity contribution in [3.8, 4) is 17.2 Å². The zero-order valence-corrected chi connectivity index (χ0v) is 21.8. The first kappa shape index (κ1) is 28.5. The average Bonchev–Trinajstić information content (AvgIpc) is 2.92. The molecule has 2 N–H and O–H groups in total. The van der Waals surface area contributed by atoms with Gasteiger partial charge in [-0.2, -0.15) is 0 Å². The van der Waals surface area contributed by atoms with Gasteiger partial charge in [-0.25, -0.2) is 8.78 Å². The number of ether oxygens (including phenoxy) is 3. The van der Waals surface area contributed by atoms with Crippen LogP contribution in [0.5, 0.6) is 17.2 Å². The lowest BCUT2D eigenvalue weighted by atomic mass is 9.92. The van der Waals surface area contributed by atoms with E-state index in [1.165, 1.54) is 42.5 Å². The number of anilines is 2. The molecule has 12 heteroatoms. The lowest BCUT2D eigenvalue weighted by molar-refractivity contribution is -0.274. The summed E-state index contributed by atoms with van der Waals surface area (Å²) in [5.74, 6) is -1.01. The molecule has 2 aliphatic rings. The molecule has 3 aromatic carbocycles. The number of nitrogens with one attached hydrogen (secondary N) is 1. The van der Waals surface area contributed by atoms with Gasteiger partial charge < -0.3 is 29.5 Å². The number of amides is 1. The van der Waals surface area contributed by atoms with Gasteiger partial charge in [0.15, 0.2) is 0 Å². The lowest BCUT2D eigenvalue weighted by Gasteiger charge is -2.39. The molecular formula is C29H27F5N2O5. The first-order valence-electron chi connectivity index (χ1n) is 13.0. The average molecular weight is 579 g/mol. The zero-order valence-electron chi connectivity index (χ0n) is 21.8. The van der Waals surface area contributed by atoms with Gasteiger partial charge in [-0.05, 0) is 61.2 Å². The first-order chi connectivity index (χ1) is 19.5. The minimum atomic E-state index is -4.77. The maximum absolute atomic E-state index is 15.0. The van der Waals surface area contributed by atoms with Gasteiger partial charge in [0.25, 0.3) is 0 Å². The van der Waals surface area contributed by atoms with Crippen LogP contribution in [-0.2, 0) is 17.8 Å². The number of carbonyl (C=O) groups excluding carboxylic acids is 1. The number of aliphatic hydroxyl groups is 1. The van der Waals surface area contributed by atoms with Gasteiger partial charge in [-0.1, -0.05) is 12.1 Å². The second kappa shape index (κ2) is 11.4. The van der Waals surface area contributed by atoms with E-state index in [1.807, 2.05) is 4.90 Å². The van der Waals surface area contributed by atoms with Crippen molar-refractivity contribution in [2.45, 2.75) is 44.3 Å². The summed E-state index contributed by atoms with van der Waals surface area (Å²) in [5.41, 5.74) is 0.416. The van der Waals surface area contributed by atoms with Crippen LogP contribution >= 0.6 is 0 Å². The number of benzene rings is 3. The van der Waals surface area contributed by atoms with Gasteiger partial charge in [-0.15, -0.1) is 13.2 Å². The Hall–Kier alpha value is -4.06. The van der Waals surface area contributed by atoms with Gasteiger partial charge >= 0.3 is 6.36 Å². The summed E-state index contributed by atoms with van der Waals surface area (Å²) in [6.45, 7) is 0.707. The molecule has 0 saturated carbocycles. The molecule has 0 unspecified atom stereocenters. The van der Waals surface area contributed by atoms with Crippen LogP contribution in [0.15, 0.2) is 54.6 Å². The Morgan fingerprint density at radius 2 is 1.61 bits per heavy atom. The largest absolute Gasteiger partial charge is 0.573 e. The molecule has 0 radical (unpaired) electrons. The molecule has 1 fully saturated rings. The van der Waals surface area contributed by atoms with Crippen molar-refractivity contribution in [1.29, 1.82) is 0 Å². The predicted molar refractivity (Wildman–Crippen MR) is 139 cm³/mol. The van der Waals surface area contributed by atoms with Crippen LogP contribution in [0.3, 0.4) is 0 Å². The molecule has 0 bridgehead atoms. The highest BCUT2D eigenvalue weighted by atomic mass is 19.4. The van der Waals surface area contributed by atoms with E-state index in [4.69, 9.17) is 9.47 Å². The van der Waals surface area contributed by atoms with Crippen LogP contribution in [0.25, 0.3) is 0 Å². The fourth-order valence-electron chi connectivity index (χ4n) is 4.87. The number of carbonyl (C=O) groups is 1. The highest BCUT2D eigenvalue weighted by Crippen LogP contribution is 2.35. The van der Waals surface area contributed by atoms with E-state index in [0.717, 1.165) is 0 Å². The molecule has 2 heterocycles. The third-order valence-corrected chi connectivity index (χ3v) is 7.10. The molecule has 0 aromatic heterocycles. The van der Waals surface area contributed by atoms with Gasteiger partial charge in [0, 0.05) is 31.1 Å². The molecule has 41 heavy (non-hydrogen) atoms. The van der Waals surface area contributed by atoms with Crippen molar-refractivity contribution < 1.29 is 46.1 Å². The van der Waals surface area contributed by atoms with Gasteiger partial charge in [0.2, 0.25) is 5.91 Å². The zero-order chi connectivity index (χ0) is 29.2. The molecule has 1 amide bonds. The summed E-state index contributed by atoms with van der Waals surface area (Å²) in [4.78, 5) is 13.5. The highest BCUT2D eigenvalue weighted by molar-refractivity contribution is 5.94. The maximum atomic E-state index is 15.0. The number of fused-ring (bicyclic) bond motifs is 1. The van der Waals surface area contributed by atoms with Crippen LogP contribution in [0.2, 0.25) is 0 Å². The van der Waals surface area contributed by atoms with E-state index in [-0.39, 0.29) is 42.7 Å². The fourth-order valence-corrected chi connectivity index (χ4v) is 4.87. The van der Waals surface area contributed by atoms with Gasteiger partial charge in [0.1, 0.15) is 47.7 Å². The van der Waals surface area contributed by atoms with E-state index >= 15 is 0 Å². The first-order valence-corrected chi connectivity index (χ1v) is 13.0. The summed E-state index contributed by atoms with van der Waals surface area (Å²) in [6.07, 6.45) is -3.61. The molecule has 3 aromatic rings. The normalized spacial score (nSPS) is 16.5. The fraction of sp³-hybridized carbons (Fsp3) is 0.345. The highest BCUT2D eigenvalue weighted by Gasteiger charge is 2.35. The standard InChI is InChI=1S/C29H27F5N2O5/c30-22-7-9-25(21-6-10-26(37)35-27(21)22)40-17-28(38)11-13-36(14-12-28)24-8-5-20(15-23(24)31)39-16-18-1-3-19(4-2-18)41-29(32,33)34/h1-5,7-9,15,38H,6,10-14,16-17H2,(H,35,37). The number of hydrogen-bond donors (Lipinski definition) is 2. The third-order valence-electron chi connectivity index (χ3n) is 7.10. The van der Waals surface area contributed by atoms with E-state index in [9.17, 15) is 31.9 Å². The Morgan fingerprint density at radius 1 is 0.902 bits per heavy atom. The molecular weight excluding hydrogens is 551 g/mol. The molecule has 0 atom stereocenters. The molecule has 7 nitrogen and oxygen atoms in total. The number of halogens is 5. The van der Waals surface area contributed by atoms with Crippen molar-refractivity contribution in [3.63, 3.8) is 0 Å². The summed E-state index contributed by atoms with van der Waals surface area (Å²) in [7, 11) is 0. The number of piperidine rings is 1. The number of hydrogen-bond acceptors (Lipinski definition) is 6. The van der Waals surface area contributed by atoms with E-state index in [2.05, 4.69) is 10.1 Å². The van der Waals surface area contributed by atoms with Crippen molar-refractivity contribution in [3.05, 3.63) is 77.4 Å². The molecule has 1 saturated heterocycles. The molecule has 0 spiro atoms. The monoisotopic (exact) mass is 578 g/mol. The van der Waals surface area contributed by atoms with Crippen LogP contribution in [0.4, 0.5) is 33.3 Å². The number of rotatable bonds is 8. The maximum Gasteiger partial charge on any atom is 0.573 e. The predicted octanol–water partition coefficient (Wildman–Crippen LogP) is 5.74. The Bertz CT molecular complexity index is 1410. The SMILES string of the molecule is O=C1CCc2c(OCC3(O)CCN(c4ccc(OCc5ccc(OC(F)(F)F)cc5)cc4F)CC3)ccc(F)c2N1. The quantitative estimate of drug-likeness (QED) is 0.332. The minimum absolute atomic E-state index is 0.0193. The smallest absolute Gasteiger partial charge is 0.490 e. The van der Waals surface area contributed by atoms with E-state index in [0.29, 0.717) is 54.9 Å². The molecule has 218 valence electrons. The van der Waals surface area contributed by atoms with Crippen LogP contribution in [-0.4, -0.2) is 42.7 Å². The van der Waals surface area contributed by atoms with E-state index in [1.54, 1.807) is 12.1 Å². The Balaban J connectivity index is 1.14. The molecule has 0 aliphatic carbocycles. The Kier molecular flexibility index (Phi) is 7.94. The summed E-state index contributed by atoms with van der Waals surface area (Å²) < 4.78 is 81.3. The molecule has 2 aliphatic heterocycles. The van der Waals surface area contributed by atoms with Gasteiger partial charge in [-0.3, -0.25) is 4.79 Å². The minimum Gasteiger partial charge on any atom is -0.490 e. The van der Waals surface area contributed by atoms with Crippen LogP contribution in [0, 0.1) is 11.6 Å². The number of alkyl halides is 3. The third kappa shape index (κ3) is 6.99. The van der Waals surface area contributed by atoms with Crippen molar-refractivity contribution in [1.82, 2.24) is 0 Å². The topological polar surface area (TPSA) is 80.3 Å². The van der Waals surface area contributed by atoms with Crippen molar-refractivity contribution in [2.75, 3.05) is 29.9 Å². The second-order valence-corrected chi connectivity index (χ2v) is 10.0. The summed E-state index contributed by atoms with van der Waals surface area (Å²) in [6, 6.07) is 12.3. The van der Waals surface area contributed by atoms with Crippen molar-refractivity contribution in [2.24, 2.45) is 0 Å². The Morgan fingerprint density at radius 3 is 2.29 bits per heavy atom. The van der Waals surface area contributed by atoms with Crippen LogP contribution < -0.4 is 24.4 Å². The van der Waals surface area contributed by atoms with E-state index < -0.39 is 23.6 Å². The van der Waals surface area contributed by atoms with Gasteiger partial charge in [0.05, 0.1) is 11.4 Å². The van der Waals surface area contributed by atoms with Crippen LogP contribution in [0.1, 0.15) is 30.4 Å². The Labute approximate surface area is 232 Å².